The number of fused-ring (bicyclic) bond motifs is 1. The standard InChI is InChI=1S/C12H11BrN2S.BrH/c13-11-9(7-16-12(14)15)6-5-8-3-1-2-4-10(8)11;/h1-6H,7H2,(H3,14,15);1H. The van der Waals surface area contributed by atoms with E-state index in [0.717, 1.165) is 10.2 Å². The summed E-state index contributed by atoms with van der Waals surface area (Å²) in [5.41, 5.74) is 6.50. The van der Waals surface area contributed by atoms with Gasteiger partial charge in [-0.2, -0.15) is 0 Å². The summed E-state index contributed by atoms with van der Waals surface area (Å²) < 4.78 is 1.10. The number of benzene rings is 2. The lowest BCUT2D eigenvalue weighted by Crippen LogP contribution is -2.03. The fraction of sp³-hybridized carbons (Fsp3) is 0.0833. The first-order valence-corrected chi connectivity index (χ1v) is 6.59. The SMILES string of the molecule is Br.N=C(N)SCc1ccc2ccccc2c1Br. The van der Waals surface area contributed by atoms with Gasteiger partial charge in [0.25, 0.3) is 0 Å². The van der Waals surface area contributed by atoms with E-state index in [2.05, 4.69) is 40.2 Å². The molecule has 5 heteroatoms. The van der Waals surface area contributed by atoms with E-state index in [4.69, 9.17) is 11.1 Å². The van der Waals surface area contributed by atoms with Crippen molar-refractivity contribution >= 4 is 60.6 Å². The van der Waals surface area contributed by atoms with Crippen LogP contribution in [-0.2, 0) is 5.75 Å². The number of rotatable bonds is 2. The van der Waals surface area contributed by atoms with Crippen molar-refractivity contribution in [2.24, 2.45) is 5.73 Å². The van der Waals surface area contributed by atoms with Gasteiger partial charge in [-0.3, -0.25) is 5.41 Å². The van der Waals surface area contributed by atoms with E-state index in [-0.39, 0.29) is 22.1 Å². The fourth-order valence-electron chi connectivity index (χ4n) is 1.55. The van der Waals surface area contributed by atoms with Crippen LogP contribution < -0.4 is 5.73 Å². The Balaban J connectivity index is 0.00000144. The quantitative estimate of drug-likeness (QED) is 0.607. The van der Waals surface area contributed by atoms with Crippen LogP contribution >= 0.6 is 44.7 Å². The van der Waals surface area contributed by atoms with Crippen LogP contribution in [0.1, 0.15) is 5.56 Å². The fourth-order valence-corrected chi connectivity index (χ4v) is 2.92. The number of halogens is 2. The first-order chi connectivity index (χ1) is 7.68. The molecule has 0 aliphatic heterocycles. The van der Waals surface area contributed by atoms with Crippen LogP contribution in [0, 0.1) is 5.41 Å². The summed E-state index contributed by atoms with van der Waals surface area (Å²) in [6.45, 7) is 0. The molecule has 0 aliphatic carbocycles. The van der Waals surface area contributed by atoms with Gasteiger partial charge >= 0.3 is 0 Å². The first kappa shape index (κ1) is 14.5. The molecule has 2 nitrogen and oxygen atoms in total. The minimum absolute atomic E-state index is 0. The Morgan fingerprint density at radius 1 is 1.24 bits per heavy atom. The van der Waals surface area contributed by atoms with Crippen LogP contribution in [0.3, 0.4) is 0 Å². The van der Waals surface area contributed by atoms with Crippen molar-refractivity contribution in [3.05, 3.63) is 46.4 Å². The molecule has 0 unspecified atom stereocenters. The van der Waals surface area contributed by atoms with E-state index in [1.807, 2.05) is 12.1 Å². The molecule has 0 radical (unpaired) electrons. The molecule has 0 aliphatic rings. The highest BCUT2D eigenvalue weighted by molar-refractivity contribution is 9.10. The molecule has 0 fully saturated rings. The third kappa shape index (κ3) is 3.47. The molecular weight excluding hydrogens is 364 g/mol. The molecule has 0 bridgehead atoms. The van der Waals surface area contributed by atoms with Gasteiger partial charge in [-0.1, -0.05) is 48.2 Å². The zero-order valence-electron chi connectivity index (χ0n) is 8.94. The van der Waals surface area contributed by atoms with Crippen molar-refractivity contribution < 1.29 is 0 Å². The second-order valence-electron chi connectivity index (χ2n) is 3.41. The Morgan fingerprint density at radius 3 is 2.65 bits per heavy atom. The van der Waals surface area contributed by atoms with E-state index >= 15 is 0 Å². The van der Waals surface area contributed by atoms with Crippen LogP contribution in [-0.4, -0.2) is 5.17 Å². The van der Waals surface area contributed by atoms with Crippen LogP contribution in [0.2, 0.25) is 0 Å². The molecule has 0 spiro atoms. The zero-order valence-corrected chi connectivity index (χ0v) is 13.1. The monoisotopic (exact) mass is 374 g/mol. The van der Waals surface area contributed by atoms with Crippen molar-refractivity contribution in [3.63, 3.8) is 0 Å². The minimum atomic E-state index is 0. The van der Waals surface area contributed by atoms with E-state index < -0.39 is 0 Å². The number of hydrogen-bond acceptors (Lipinski definition) is 2. The minimum Gasteiger partial charge on any atom is -0.379 e. The normalized spacial score (nSPS) is 9.94. The lowest BCUT2D eigenvalue weighted by Gasteiger charge is -2.07. The predicted octanol–water partition coefficient (Wildman–Crippen LogP) is 4.31. The van der Waals surface area contributed by atoms with Crippen molar-refractivity contribution in [2.45, 2.75) is 5.75 Å². The lowest BCUT2D eigenvalue weighted by molar-refractivity contribution is 1.41. The number of nitrogens with two attached hydrogens (primary N) is 1. The zero-order chi connectivity index (χ0) is 11.5. The van der Waals surface area contributed by atoms with Gasteiger partial charge in [0.05, 0.1) is 0 Å². The van der Waals surface area contributed by atoms with Gasteiger partial charge in [-0.25, -0.2) is 0 Å². The average molecular weight is 376 g/mol. The van der Waals surface area contributed by atoms with Gasteiger partial charge in [0.1, 0.15) is 0 Å². The van der Waals surface area contributed by atoms with E-state index in [1.54, 1.807) is 0 Å². The van der Waals surface area contributed by atoms with Gasteiger partial charge in [0.15, 0.2) is 5.17 Å². The number of nitrogens with one attached hydrogen (secondary N) is 1. The molecule has 2 aromatic rings. The smallest absolute Gasteiger partial charge is 0.151 e. The Labute approximate surface area is 123 Å². The highest BCUT2D eigenvalue weighted by Crippen LogP contribution is 2.29. The van der Waals surface area contributed by atoms with Crippen LogP contribution in [0.25, 0.3) is 10.8 Å². The highest BCUT2D eigenvalue weighted by Gasteiger charge is 2.05. The van der Waals surface area contributed by atoms with Gasteiger partial charge < -0.3 is 5.73 Å². The Morgan fingerprint density at radius 2 is 1.94 bits per heavy atom. The van der Waals surface area contributed by atoms with Crippen LogP contribution in [0.4, 0.5) is 0 Å². The van der Waals surface area contributed by atoms with Gasteiger partial charge in [-0.15, -0.1) is 17.0 Å². The molecule has 90 valence electrons. The molecule has 3 N–H and O–H groups in total. The average Bonchev–Trinajstić information content (AvgIpc) is 2.28. The first-order valence-electron chi connectivity index (χ1n) is 4.81. The van der Waals surface area contributed by atoms with Gasteiger partial charge in [0, 0.05) is 10.2 Å². The molecule has 0 aromatic heterocycles. The third-order valence-electron chi connectivity index (χ3n) is 2.33. The Bertz CT molecular complexity index is 543. The summed E-state index contributed by atoms with van der Waals surface area (Å²) in [7, 11) is 0. The third-order valence-corrected chi connectivity index (χ3v) is 4.03. The number of amidine groups is 1. The molecular formula is C12H12Br2N2S. The van der Waals surface area contributed by atoms with Crippen molar-refractivity contribution in [1.29, 1.82) is 5.41 Å². The maximum Gasteiger partial charge on any atom is 0.151 e. The largest absolute Gasteiger partial charge is 0.379 e. The van der Waals surface area contributed by atoms with Crippen LogP contribution in [0.15, 0.2) is 40.9 Å². The summed E-state index contributed by atoms with van der Waals surface area (Å²) in [6, 6.07) is 12.4. The predicted molar refractivity (Wildman–Crippen MR) is 85.2 cm³/mol. The molecule has 0 atom stereocenters. The number of hydrogen-bond donors (Lipinski definition) is 2. The van der Waals surface area contributed by atoms with E-state index in [0.29, 0.717) is 0 Å². The summed E-state index contributed by atoms with van der Waals surface area (Å²) >= 11 is 4.95. The highest BCUT2D eigenvalue weighted by atomic mass is 79.9. The molecule has 17 heavy (non-hydrogen) atoms. The van der Waals surface area contributed by atoms with Crippen molar-refractivity contribution in [1.82, 2.24) is 0 Å². The van der Waals surface area contributed by atoms with Gasteiger partial charge in [-0.05, 0) is 32.3 Å². The number of thioether (sulfide) groups is 1. The molecule has 0 saturated carbocycles. The summed E-state index contributed by atoms with van der Waals surface area (Å²) in [6.07, 6.45) is 0. The molecule has 0 heterocycles. The van der Waals surface area contributed by atoms with Gasteiger partial charge in [0.2, 0.25) is 0 Å². The van der Waals surface area contributed by atoms with Crippen molar-refractivity contribution in [2.75, 3.05) is 0 Å². The van der Waals surface area contributed by atoms with Crippen molar-refractivity contribution in [3.8, 4) is 0 Å². The maximum absolute atomic E-state index is 7.20. The second-order valence-corrected chi connectivity index (χ2v) is 5.22. The van der Waals surface area contributed by atoms with Crippen LogP contribution in [0.5, 0.6) is 0 Å². The Hall–Kier alpha value is -0.520. The topological polar surface area (TPSA) is 49.9 Å². The molecule has 0 saturated heterocycles. The van der Waals surface area contributed by atoms with E-state index in [9.17, 15) is 0 Å². The maximum atomic E-state index is 7.20. The second kappa shape index (κ2) is 6.42. The summed E-state index contributed by atoms with van der Waals surface area (Å²) in [4.78, 5) is 0. The summed E-state index contributed by atoms with van der Waals surface area (Å²) in [5.74, 6) is 0.723. The summed E-state index contributed by atoms with van der Waals surface area (Å²) in [5, 5.41) is 9.77. The Kier molecular flexibility index (Phi) is 5.49. The molecule has 2 aromatic carbocycles. The molecule has 2 rings (SSSR count). The molecule has 0 amide bonds. The lowest BCUT2D eigenvalue weighted by atomic mass is 10.1. The van der Waals surface area contributed by atoms with E-state index in [1.165, 1.54) is 28.1 Å².